The lowest BCUT2D eigenvalue weighted by molar-refractivity contribution is -0.131. The number of benzene rings is 1. The van der Waals surface area contributed by atoms with E-state index in [1.807, 2.05) is 44.2 Å². The molecule has 0 aromatic heterocycles. The molecule has 4 atom stereocenters. The average molecular weight is 658 g/mol. The van der Waals surface area contributed by atoms with Crippen LogP contribution in [0.2, 0.25) is 0 Å². The van der Waals surface area contributed by atoms with E-state index < -0.39 is 48.2 Å². The van der Waals surface area contributed by atoms with Crippen molar-refractivity contribution in [2.75, 3.05) is 26.3 Å². The summed E-state index contributed by atoms with van der Waals surface area (Å²) in [4.78, 5) is 51.7. The fourth-order valence-corrected chi connectivity index (χ4v) is 5.53. The molecule has 2 rings (SSSR count). The Morgan fingerprint density at radius 1 is 0.851 bits per heavy atom. The molecule has 2 unspecified atom stereocenters. The lowest BCUT2D eigenvalue weighted by atomic mass is 9.89. The molecule has 1 fully saturated rings. The van der Waals surface area contributed by atoms with Gasteiger partial charge >= 0.3 is 12.2 Å². The van der Waals surface area contributed by atoms with E-state index in [4.69, 9.17) is 9.47 Å². The number of carbonyl (C=O) groups excluding carboxylic acids is 4. The first kappa shape index (κ1) is 39.3. The highest BCUT2D eigenvalue weighted by atomic mass is 16.6. The number of hydrazine groups is 1. The maximum atomic E-state index is 13.6. The van der Waals surface area contributed by atoms with Gasteiger partial charge in [0.15, 0.2) is 0 Å². The Kier molecular flexibility index (Phi) is 17.6. The summed E-state index contributed by atoms with van der Waals surface area (Å²) in [5, 5.41) is 21.6. The number of rotatable bonds is 19. The Hall–Kier alpha value is -3.90. The van der Waals surface area contributed by atoms with Gasteiger partial charge in [-0.05, 0) is 42.6 Å². The Labute approximate surface area is 279 Å². The molecule has 0 radical (unpaired) electrons. The summed E-state index contributed by atoms with van der Waals surface area (Å²) in [6, 6.07) is 6.87. The minimum atomic E-state index is -1.12. The zero-order valence-electron chi connectivity index (χ0n) is 28.4. The number of aliphatic hydroxyl groups excluding tert-OH is 1. The first-order chi connectivity index (χ1) is 22.4. The van der Waals surface area contributed by atoms with Crippen LogP contribution < -0.4 is 21.4 Å². The van der Waals surface area contributed by atoms with Crippen molar-refractivity contribution in [2.24, 2.45) is 17.8 Å². The number of amides is 4. The van der Waals surface area contributed by atoms with E-state index in [9.17, 15) is 24.3 Å². The summed E-state index contributed by atoms with van der Waals surface area (Å²) >= 11 is 0. The maximum absolute atomic E-state index is 13.6. The summed E-state index contributed by atoms with van der Waals surface area (Å²) in [6.07, 6.45) is 5.91. The second-order valence-electron chi connectivity index (χ2n) is 12.8. The van der Waals surface area contributed by atoms with Gasteiger partial charge in [0.25, 0.3) is 5.91 Å². The summed E-state index contributed by atoms with van der Waals surface area (Å²) in [6.45, 7) is 14.8. The summed E-state index contributed by atoms with van der Waals surface area (Å²) in [7, 11) is 0. The number of alkyl carbamates (subject to hydrolysis) is 2. The normalized spacial score (nSPS) is 16.0. The first-order valence-corrected chi connectivity index (χ1v) is 16.6. The zero-order chi connectivity index (χ0) is 34.8. The van der Waals surface area contributed by atoms with Crippen molar-refractivity contribution in [2.45, 2.75) is 90.4 Å². The standard InChI is InChI=1S/C35H55N5O7/c1-7-19-46-34(44)37-30(24(3)4)32(42)36-28(21-26-15-11-9-12-16-26)29(41)23-40(22-27-17-13-10-14-18-27)39-33(43)31(25(5)6)38-35(45)47-20-8-2/h7-9,11-12,15-16,24-25,27-31,41H,1-2,10,13-14,17-23H2,3-6H3,(H,36,42)(H,37,44)(H,38,45)(H,39,43)/t28?,29?,30-,31-/m0/s1. The minimum Gasteiger partial charge on any atom is -0.445 e. The third-order valence-electron chi connectivity index (χ3n) is 8.08. The van der Waals surface area contributed by atoms with E-state index in [0.717, 1.165) is 37.7 Å². The van der Waals surface area contributed by atoms with Crippen LogP contribution in [0.15, 0.2) is 55.6 Å². The van der Waals surface area contributed by atoms with Gasteiger partial charge in [0.05, 0.1) is 12.1 Å². The molecule has 12 nitrogen and oxygen atoms in total. The summed E-state index contributed by atoms with van der Waals surface area (Å²) in [5.74, 6) is -1.14. The second-order valence-corrected chi connectivity index (χ2v) is 12.8. The van der Waals surface area contributed by atoms with Gasteiger partial charge in [-0.3, -0.25) is 15.0 Å². The van der Waals surface area contributed by atoms with Gasteiger partial charge < -0.3 is 30.5 Å². The Balaban J connectivity index is 2.30. The Morgan fingerprint density at radius 2 is 1.38 bits per heavy atom. The van der Waals surface area contributed by atoms with E-state index in [1.54, 1.807) is 18.9 Å². The predicted octanol–water partition coefficient (Wildman–Crippen LogP) is 3.86. The topological polar surface area (TPSA) is 158 Å². The van der Waals surface area contributed by atoms with Crippen LogP contribution in [-0.4, -0.2) is 84.6 Å². The molecule has 12 heteroatoms. The zero-order valence-corrected chi connectivity index (χ0v) is 28.4. The molecule has 1 saturated carbocycles. The molecule has 0 bridgehead atoms. The van der Waals surface area contributed by atoms with Crippen LogP contribution in [0.5, 0.6) is 0 Å². The van der Waals surface area contributed by atoms with Gasteiger partial charge in [-0.2, -0.15) is 0 Å². The van der Waals surface area contributed by atoms with Crippen LogP contribution in [0.4, 0.5) is 9.59 Å². The number of aliphatic hydroxyl groups is 1. The lowest BCUT2D eigenvalue weighted by Crippen LogP contribution is -2.60. The number of nitrogens with one attached hydrogen (secondary N) is 4. The molecule has 0 heterocycles. The number of hydrogen-bond donors (Lipinski definition) is 5. The second kappa shape index (κ2) is 21.1. The fourth-order valence-electron chi connectivity index (χ4n) is 5.53. The van der Waals surface area contributed by atoms with Crippen molar-refractivity contribution in [3.63, 3.8) is 0 Å². The highest BCUT2D eigenvalue weighted by Gasteiger charge is 2.33. The Bertz CT molecular complexity index is 1140. The van der Waals surface area contributed by atoms with E-state index >= 15 is 0 Å². The fraction of sp³-hybridized carbons (Fsp3) is 0.600. The molecule has 5 N–H and O–H groups in total. The van der Waals surface area contributed by atoms with Crippen LogP contribution in [0.1, 0.15) is 65.4 Å². The van der Waals surface area contributed by atoms with Gasteiger partial charge in [-0.15, -0.1) is 0 Å². The van der Waals surface area contributed by atoms with Crippen molar-refractivity contribution in [1.82, 2.24) is 26.4 Å². The van der Waals surface area contributed by atoms with Crippen molar-refractivity contribution in [3.8, 4) is 0 Å². The number of hydrogen-bond acceptors (Lipinski definition) is 8. The van der Waals surface area contributed by atoms with Gasteiger partial charge in [-0.25, -0.2) is 14.6 Å². The van der Waals surface area contributed by atoms with E-state index in [-0.39, 0.29) is 31.6 Å². The molecular weight excluding hydrogens is 602 g/mol. The SMILES string of the molecule is C=CCOC(=O)N[C@H](C(=O)NC(Cc1ccccc1)C(O)CN(CC1CCCCC1)NC(=O)[C@@H](NC(=O)OCC=C)C(C)C)C(C)C. The Morgan fingerprint density at radius 3 is 1.89 bits per heavy atom. The monoisotopic (exact) mass is 657 g/mol. The molecule has 0 spiro atoms. The molecule has 1 aromatic rings. The van der Waals surface area contributed by atoms with E-state index in [1.165, 1.54) is 12.2 Å². The predicted molar refractivity (Wildman–Crippen MR) is 181 cm³/mol. The van der Waals surface area contributed by atoms with Crippen LogP contribution in [0, 0.1) is 17.8 Å². The molecule has 4 amide bonds. The van der Waals surface area contributed by atoms with Crippen molar-refractivity contribution in [3.05, 3.63) is 61.2 Å². The average Bonchev–Trinajstić information content (AvgIpc) is 3.04. The molecular formula is C35H55N5O7. The van der Waals surface area contributed by atoms with Crippen LogP contribution in [-0.2, 0) is 25.5 Å². The number of carbonyl (C=O) groups is 4. The quantitative estimate of drug-likeness (QED) is 0.111. The maximum Gasteiger partial charge on any atom is 0.408 e. The highest BCUT2D eigenvalue weighted by Crippen LogP contribution is 2.24. The van der Waals surface area contributed by atoms with Crippen LogP contribution in [0.3, 0.4) is 0 Å². The lowest BCUT2D eigenvalue weighted by Gasteiger charge is -2.35. The van der Waals surface area contributed by atoms with E-state index in [2.05, 4.69) is 34.5 Å². The molecule has 1 aromatic carbocycles. The molecule has 262 valence electrons. The first-order valence-electron chi connectivity index (χ1n) is 16.6. The van der Waals surface area contributed by atoms with Gasteiger partial charge in [0.1, 0.15) is 25.3 Å². The van der Waals surface area contributed by atoms with Crippen molar-refractivity contribution < 1.29 is 33.8 Å². The largest absolute Gasteiger partial charge is 0.445 e. The van der Waals surface area contributed by atoms with Crippen molar-refractivity contribution in [1.29, 1.82) is 0 Å². The third-order valence-corrected chi connectivity index (χ3v) is 8.08. The molecule has 1 aliphatic carbocycles. The minimum absolute atomic E-state index is 0.000637. The molecule has 1 aliphatic rings. The van der Waals surface area contributed by atoms with Gasteiger partial charge in [0.2, 0.25) is 5.91 Å². The van der Waals surface area contributed by atoms with Crippen LogP contribution in [0.25, 0.3) is 0 Å². The third kappa shape index (κ3) is 14.6. The van der Waals surface area contributed by atoms with Crippen molar-refractivity contribution >= 4 is 24.0 Å². The molecule has 0 saturated heterocycles. The van der Waals surface area contributed by atoms with E-state index in [0.29, 0.717) is 18.9 Å². The molecule has 0 aliphatic heterocycles. The smallest absolute Gasteiger partial charge is 0.408 e. The van der Waals surface area contributed by atoms with Crippen LogP contribution >= 0.6 is 0 Å². The molecule has 47 heavy (non-hydrogen) atoms. The summed E-state index contributed by atoms with van der Waals surface area (Å²) in [5.41, 5.74) is 3.84. The van der Waals surface area contributed by atoms with Gasteiger partial charge in [-0.1, -0.05) is 103 Å². The number of nitrogens with zero attached hydrogens (tertiary/aromatic N) is 1. The van der Waals surface area contributed by atoms with Gasteiger partial charge in [0, 0.05) is 13.1 Å². The number of ether oxygens (including phenoxy) is 2. The highest BCUT2D eigenvalue weighted by molar-refractivity contribution is 5.86. The summed E-state index contributed by atoms with van der Waals surface area (Å²) < 4.78 is 10.1.